The molecule has 0 fully saturated rings. The fourth-order valence-corrected chi connectivity index (χ4v) is 2.99. The molecule has 0 unspecified atom stereocenters. The van der Waals surface area contributed by atoms with Crippen molar-refractivity contribution in [2.75, 3.05) is 14.2 Å². The smallest absolute Gasteiger partial charge is 0.195 e. The molecular formula is C13H11BrO3S. The summed E-state index contributed by atoms with van der Waals surface area (Å²) in [6, 6.07) is 5.14. The molecule has 0 aliphatic heterocycles. The number of ether oxygens (including phenoxy) is 2. The first-order chi connectivity index (χ1) is 8.65. The van der Waals surface area contributed by atoms with Crippen LogP contribution in [0.3, 0.4) is 0 Å². The van der Waals surface area contributed by atoms with Gasteiger partial charge >= 0.3 is 0 Å². The fourth-order valence-electron chi connectivity index (χ4n) is 1.54. The first kappa shape index (κ1) is 13.1. The predicted molar refractivity (Wildman–Crippen MR) is 75.0 cm³/mol. The molecule has 0 saturated carbocycles. The van der Waals surface area contributed by atoms with Crippen molar-refractivity contribution in [3.05, 3.63) is 44.6 Å². The van der Waals surface area contributed by atoms with Crippen LogP contribution in [-0.2, 0) is 0 Å². The largest absolute Gasteiger partial charge is 0.497 e. The maximum Gasteiger partial charge on any atom is 0.195 e. The van der Waals surface area contributed by atoms with Crippen LogP contribution >= 0.6 is 27.3 Å². The third kappa shape index (κ3) is 2.57. The first-order valence-electron chi connectivity index (χ1n) is 5.15. The normalized spacial score (nSPS) is 10.2. The highest BCUT2D eigenvalue weighted by atomic mass is 79.9. The number of methoxy groups -OCH3 is 2. The van der Waals surface area contributed by atoms with Gasteiger partial charge in [0, 0.05) is 32.4 Å². The number of ketones is 1. The summed E-state index contributed by atoms with van der Waals surface area (Å²) in [5.74, 6) is 1.15. The first-order valence-corrected chi connectivity index (χ1v) is 6.88. The van der Waals surface area contributed by atoms with Gasteiger partial charge in [-0.3, -0.25) is 4.79 Å². The Morgan fingerprint density at radius 2 is 1.72 bits per heavy atom. The van der Waals surface area contributed by atoms with Gasteiger partial charge in [-0.25, -0.2) is 0 Å². The van der Waals surface area contributed by atoms with Crippen molar-refractivity contribution in [1.82, 2.24) is 0 Å². The lowest BCUT2D eigenvalue weighted by Crippen LogP contribution is -2.01. The van der Waals surface area contributed by atoms with Gasteiger partial charge in [0.25, 0.3) is 0 Å². The van der Waals surface area contributed by atoms with Crippen LogP contribution < -0.4 is 9.47 Å². The van der Waals surface area contributed by atoms with E-state index in [1.54, 1.807) is 32.4 Å². The Morgan fingerprint density at radius 1 is 1.11 bits per heavy atom. The van der Waals surface area contributed by atoms with Crippen molar-refractivity contribution >= 4 is 33.0 Å². The maximum atomic E-state index is 12.3. The summed E-state index contributed by atoms with van der Waals surface area (Å²) >= 11 is 4.84. The van der Waals surface area contributed by atoms with Gasteiger partial charge in [-0.15, -0.1) is 0 Å². The Hall–Kier alpha value is -1.33. The molecule has 1 aromatic carbocycles. The highest BCUT2D eigenvalue weighted by Crippen LogP contribution is 2.28. The van der Waals surface area contributed by atoms with Gasteiger partial charge in [-0.1, -0.05) is 0 Å². The minimum absolute atomic E-state index is 0.0553. The molecule has 2 rings (SSSR count). The van der Waals surface area contributed by atoms with Gasteiger partial charge < -0.3 is 9.47 Å². The lowest BCUT2D eigenvalue weighted by molar-refractivity contribution is 0.103. The number of thiophene rings is 1. The Morgan fingerprint density at radius 3 is 2.17 bits per heavy atom. The van der Waals surface area contributed by atoms with Crippen LogP contribution in [0.15, 0.2) is 33.4 Å². The molecule has 0 amide bonds. The molecule has 0 N–H and O–H groups in total. The highest BCUT2D eigenvalue weighted by molar-refractivity contribution is 9.10. The van der Waals surface area contributed by atoms with Crippen LogP contribution in [0.2, 0.25) is 0 Å². The zero-order valence-electron chi connectivity index (χ0n) is 9.90. The predicted octanol–water partition coefficient (Wildman–Crippen LogP) is 3.76. The Kier molecular flexibility index (Phi) is 4.04. The van der Waals surface area contributed by atoms with Crippen LogP contribution in [-0.4, -0.2) is 20.0 Å². The summed E-state index contributed by atoms with van der Waals surface area (Å²) in [5, 5.41) is 3.70. The minimum Gasteiger partial charge on any atom is -0.497 e. The highest BCUT2D eigenvalue weighted by Gasteiger charge is 2.15. The van der Waals surface area contributed by atoms with Gasteiger partial charge in [0.05, 0.1) is 14.2 Å². The summed E-state index contributed by atoms with van der Waals surface area (Å²) in [4.78, 5) is 12.3. The molecule has 0 aliphatic rings. The molecule has 0 radical (unpaired) electrons. The van der Waals surface area contributed by atoms with Crippen LogP contribution in [0.4, 0.5) is 0 Å². The summed E-state index contributed by atoms with van der Waals surface area (Å²) in [6.07, 6.45) is 0. The topological polar surface area (TPSA) is 35.5 Å². The Labute approximate surface area is 117 Å². The van der Waals surface area contributed by atoms with Crippen LogP contribution in [0.1, 0.15) is 15.9 Å². The van der Waals surface area contributed by atoms with E-state index >= 15 is 0 Å². The van der Waals surface area contributed by atoms with E-state index in [4.69, 9.17) is 9.47 Å². The van der Waals surface area contributed by atoms with Crippen LogP contribution in [0, 0.1) is 0 Å². The SMILES string of the molecule is COc1cc(OC)cc(C(=O)c2cscc2Br)c1. The van der Waals surface area contributed by atoms with E-state index in [-0.39, 0.29) is 5.78 Å². The standard InChI is InChI=1S/C13H11BrO3S/c1-16-9-3-8(4-10(5-9)17-2)13(15)11-6-18-7-12(11)14/h3-7H,1-2H3. The molecule has 2 aromatic rings. The number of halogens is 1. The molecule has 1 aromatic heterocycles. The van der Waals surface area contributed by atoms with E-state index < -0.39 is 0 Å². The van der Waals surface area contributed by atoms with Crippen molar-refractivity contribution < 1.29 is 14.3 Å². The fraction of sp³-hybridized carbons (Fsp3) is 0.154. The minimum atomic E-state index is -0.0553. The molecule has 0 bridgehead atoms. The number of benzene rings is 1. The number of carbonyl (C=O) groups excluding carboxylic acids is 1. The molecule has 0 atom stereocenters. The van der Waals surface area contributed by atoms with Crippen LogP contribution in [0.25, 0.3) is 0 Å². The number of hydrogen-bond donors (Lipinski definition) is 0. The summed E-state index contributed by atoms with van der Waals surface area (Å²) < 4.78 is 11.1. The van der Waals surface area contributed by atoms with Gasteiger partial charge in [0.2, 0.25) is 0 Å². The van der Waals surface area contributed by atoms with Crippen LogP contribution in [0.5, 0.6) is 11.5 Å². The summed E-state index contributed by atoms with van der Waals surface area (Å²) in [6.45, 7) is 0. The molecular weight excluding hydrogens is 316 g/mol. The molecule has 0 aliphatic carbocycles. The zero-order valence-corrected chi connectivity index (χ0v) is 12.3. The quantitative estimate of drug-likeness (QED) is 0.802. The zero-order chi connectivity index (χ0) is 13.1. The maximum absolute atomic E-state index is 12.3. The van der Waals surface area contributed by atoms with E-state index in [2.05, 4.69) is 15.9 Å². The average molecular weight is 327 g/mol. The molecule has 0 saturated heterocycles. The third-order valence-electron chi connectivity index (χ3n) is 2.47. The van der Waals surface area contributed by atoms with E-state index in [1.807, 2.05) is 10.8 Å². The number of rotatable bonds is 4. The van der Waals surface area contributed by atoms with Crippen molar-refractivity contribution in [2.24, 2.45) is 0 Å². The second kappa shape index (κ2) is 5.54. The third-order valence-corrected chi connectivity index (χ3v) is 4.18. The van der Waals surface area contributed by atoms with Crippen molar-refractivity contribution in [3.8, 4) is 11.5 Å². The van der Waals surface area contributed by atoms with Gasteiger partial charge in [-0.05, 0) is 28.1 Å². The molecule has 18 heavy (non-hydrogen) atoms. The Balaban J connectivity index is 2.44. The van der Waals surface area contributed by atoms with Crippen molar-refractivity contribution in [1.29, 1.82) is 0 Å². The number of hydrogen-bond acceptors (Lipinski definition) is 4. The van der Waals surface area contributed by atoms with Crippen molar-refractivity contribution in [2.45, 2.75) is 0 Å². The molecule has 1 heterocycles. The molecule has 5 heteroatoms. The van der Waals surface area contributed by atoms with Gasteiger partial charge in [-0.2, -0.15) is 11.3 Å². The summed E-state index contributed by atoms with van der Waals surface area (Å²) in [7, 11) is 3.12. The second-order valence-electron chi connectivity index (χ2n) is 3.56. The van der Waals surface area contributed by atoms with Gasteiger partial charge in [0.15, 0.2) is 5.78 Å². The van der Waals surface area contributed by atoms with E-state index in [9.17, 15) is 4.79 Å². The lowest BCUT2D eigenvalue weighted by Gasteiger charge is -2.07. The monoisotopic (exact) mass is 326 g/mol. The average Bonchev–Trinajstić information content (AvgIpc) is 2.83. The van der Waals surface area contributed by atoms with Gasteiger partial charge in [0.1, 0.15) is 11.5 Å². The van der Waals surface area contributed by atoms with Crippen molar-refractivity contribution in [3.63, 3.8) is 0 Å². The Bertz CT molecular complexity index is 555. The van der Waals surface area contributed by atoms with E-state index in [0.29, 0.717) is 22.6 Å². The molecule has 3 nitrogen and oxygen atoms in total. The lowest BCUT2D eigenvalue weighted by atomic mass is 10.1. The van der Waals surface area contributed by atoms with E-state index in [1.165, 1.54) is 11.3 Å². The summed E-state index contributed by atoms with van der Waals surface area (Å²) in [5.41, 5.74) is 1.20. The number of carbonyl (C=O) groups is 1. The van der Waals surface area contributed by atoms with E-state index in [0.717, 1.165) is 4.47 Å². The molecule has 0 spiro atoms. The second-order valence-corrected chi connectivity index (χ2v) is 5.16. The molecule has 94 valence electrons.